The van der Waals surface area contributed by atoms with Gasteiger partial charge in [-0.15, -0.1) is 23.1 Å². The zero-order valence-electron chi connectivity index (χ0n) is 11.9. The number of halogens is 1. The Bertz CT molecular complexity index is 742. The predicted octanol–water partition coefficient (Wildman–Crippen LogP) is 3.15. The molecule has 1 amide bonds. The molecule has 0 aliphatic carbocycles. The first-order valence-electron chi connectivity index (χ1n) is 6.81. The molecule has 4 nitrogen and oxygen atoms in total. The second-order valence-electron chi connectivity index (χ2n) is 4.87. The molecule has 1 aromatic carbocycles. The largest absolute Gasteiger partial charge is 0.273 e. The van der Waals surface area contributed by atoms with Gasteiger partial charge in [-0.25, -0.2) is 14.8 Å². The van der Waals surface area contributed by atoms with Crippen LogP contribution in [0.15, 0.2) is 33.6 Å². The molecule has 0 radical (unpaired) electrons. The van der Waals surface area contributed by atoms with Crippen LogP contribution in [-0.4, -0.2) is 22.4 Å². The summed E-state index contributed by atoms with van der Waals surface area (Å²) in [4.78, 5) is 17.2. The Kier molecular flexibility index (Phi) is 4.54. The molecule has 7 heteroatoms. The van der Waals surface area contributed by atoms with E-state index in [0.29, 0.717) is 6.42 Å². The zero-order chi connectivity index (χ0) is 15.5. The van der Waals surface area contributed by atoms with Gasteiger partial charge >= 0.3 is 0 Å². The Morgan fingerprint density at radius 1 is 1.50 bits per heavy atom. The van der Waals surface area contributed by atoms with Crippen LogP contribution in [0.5, 0.6) is 0 Å². The van der Waals surface area contributed by atoms with Gasteiger partial charge in [0.1, 0.15) is 5.82 Å². The van der Waals surface area contributed by atoms with Crippen LogP contribution >= 0.6 is 23.1 Å². The van der Waals surface area contributed by atoms with E-state index in [0.717, 1.165) is 32.6 Å². The fraction of sp³-hybridized carbons (Fsp3) is 0.267. The molecule has 22 heavy (non-hydrogen) atoms. The molecular formula is C15H14FN3OS2. The van der Waals surface area contributed by atoms with Crippen molar-refractivity contribution >= 4 is 34.7 Å². The second kappa shape index (κ2) is 6.58. The Balaban J connectivity index is 1.71. The van der Waals surface area contributed by atoms with Crippen molar-refractivity contribution in [1.29, 1.82) is 0 Å². The van der Waals surface area contributed by atoms with Crippen molar-refractivity contribution in [3.8, 4) is 0 Å². The normalized spacial score (nSPS) is 15.6. The van der Waals surface area contributed by atoms with E-state index in [1.165, 1.54) is 23.5 Å². The minimum atomic E-state index is -0.293. The number of amides is 1. The first kappa shape index (κ1) is 15.2. The molecular weight excluding hydrogens is 321 g/mol. The number of aromatic nitrogens is 1. The van der Waals surface area contributed by atoms with Crippen molar-refractivity contribution in [3.05, 3.63) is 45.7 Å². The Labute approximate surface area is 135 Å². The Morgan fingerprint density at radius 3 is 3.14 bits per heavy atom. The molecule has 0 unspecified atom stereocenters. The summed E-state index contributed by atoms with van der Waals surface area (Å²) in [7, 11) is 0. The Hall–Kier alpha value is -1.73. The number of nitrogens with zero attached hydrogens (tertiary/aromatic N) is 2. The van der Waals surface area contributed by atoms with Gasteiger partial charge in [0.15, 0.2) is 0 Å². The van der Waals surface area contributed by atoms with E-state index in [2.05, 4.69) is 15.5 Å². The van der Waals surface area contributed by atoms with Crippen molar-refractivity contribution in [1.82, 2.24) is 10.4 Å². The van der Waals surface area contributed by atoms with Crippen LogP contribution in [0.2, 0.25) is 0 Å². The van der Waals surface area contributed by atoms with Crippen LogP contribution in [0.1, 0.15) is 22.7 Å². The molecule has 0 fully saturated rings. The topological polar surface area (TPSA) is 54.4 Å². The van der Waals surface area contributed by atoms with E-state index in [1.54, 1.807) is 17.8 Å². The van der Waals surface area contributed by atoms with Crippen molar-refractivity contribution in [2.24, 2.45) is 5.10 Å². The highest BCUT2D eigenvalue weighted by molar-refractivity contribution is 7.99. The summed E-state index contributed by atoms with van der Waals surface area (Å²) in [5, 5.41) is 6.98. The summed E-state index contributed by atoms with van der Waals surface area (Å²) in [6.45, 7) is 1.90. The smallest absolute Gasteiger partial charge is 0.246 e. The van der Waals surface area contributed by atoms with Crippen molar-refractivity contribution in [2.45, 2.75) is 24.7 Å². The molecule has 0 saturated carbocycles. The first-order valence-corrected chi connectivity index (χ1v) is 8.67. The van der Waals surface area contributed by atoms with Gasteiger partial charge in [0.25, 0.3) is 0 Å². The molecule has 0 bridgehead atoms. The number of carbonyl (C=O) groups is 1. The highest BCUT2D eigenvalue weighted by atomic mass is 32.2. The van der Waals surface area contributed by atoms with E-state index >= 15 is 0 Å². The van der Waals surface area contributed by atoms with Crippen molar-refractivity contribution in [2.75, 3.05) is 5.75 Å². The van der Waals surface area contributed by atoms with Crippen LogP contribution in [0.25, 0.3) is 0 Å². The number of rotatable bonds is 3. The molecule has 1 aliphatic heterocycles. The third kappa shape index (κ3) is 3.53. The maximum Gasteiger partial charge on any atom is 0.246 e. The number of thiazole rings is 1. The average molecular weight is 335 g/mol. The number of hydrogen-bond donors (Lipinski definition) is 1. The molecule has 1 N–H and O–H groups in total. The van der Waals surface area contributed by atoms with Gasteiger partial charge in [-0.05, 0) is 25.1 Å². The standard InChI is InChI=1S/C15H14FN3OS2/c1-9-17-11(8-22-9)7-15(20)19-18-13-4-5-21-14-3-2-10(16)6-12(13)14/h2-3,6,8H,4-5,7H2,1H3,(H,19,20)/b18-13-. The minimum Gasteiger partial charge on any atom is -0.273 e. The summed E-state index contributed by atoms with van der Waals surface area (Å²) in [6, 6.07) is 4.66. The van der Waals surface area contributed by atoms with Crippen LogP contribution in [-0.2, 0) is 11.2 Å². The number of hydrogen-bond acceptors (Lipinski definition) is 5. The van der Waals surface area contributed by atoms with Crippen LogP contribution in [0, 0.1) is 12.7 Å². The minimum absolute atomic E-state index is 0.200. The number of fused-ring (bicyclic) bond motifs is 1. The van der Waals surface area contributed by atoms with Gasteiger partial charge in [-0.1, -0.05) is 0 Å². The number of nitrogens with one attached hydrogen (secondary N) is 1. The van der Waals surface area contributed by atoms with Gasteiger partial charge < -0.3 is 0 Å². The number of thioether (sulfide) groups is 1. The first-order chi connectivity index (χ1) is 10.6. The number of aryl methyl sites for hydroxylation is 1. The Morgan fingerprint density at radius 2 is 2.36 bits per heavy atom. The second-order valence-corrected chi connectivity index (χ2v) is 7.07. The monoisotopic (exact) mass is 335 g/mol. The summed E-state index contributed by atoms with van der Waals surface area (Å²) in [6.07, 6.45) is 0.906. The molecule has 1 aliphatic rings. The lowest BCUT2D eigenvalue weighted by atomic mass is 10.1. The lowest BCUT2D eigenvalue weighted by Crippen LogP contribution is -2.23. The summed E-state index contributed by atoms with van der Waals surface area (Å²) in [5.74, 6) is 0.366. The van der Waals surface area contributed by atoms with Gasteiger partial charge in [0.2, 0.25) is 5.91 Å². The van der Waals surface area contributed by atoms with Crippen LogP contribution in [0.4, 0.5) is 4.39 Å². The van der Waals surface area contributed by atoms with Gasteiger partial charge in [0.05, 0.1) is 22.8 Å². The van der Waals surface area contributed by atoms with Gasteiger partial charge in [0, 0.05) is 28.0 Å². The number of carbonyl (C=O) groups excluding carboxylic acids is 1. The van der Waals surface area contributed by atoms with E-state index in [4.69, 9.17) is 0 Å². The fourth-order valence-corrected chi connectivity index (χ4v) is 3.81. The molecule has 114 valence electrons. The van der Waals surface area contributed by atoms with Crippen molar-refractivity contribution < 1.29 is 9.18 Å². The highest BCUT2D eigenvalue weighted by Crippen LogP contribution is 2.30. The lowest BCUT2D eigenvalue weighted by molar-refractivity contribution is -0.120. The third-order valence-electron chi connectivity index (χ3n) is 3.17. The van der Waals surface area contributed by atoms with Crippen LogP contribution in [0.3, 0.4) is 0 Å². The maximum atomic E-state index is 13.4. The van der Waals surface area contributed by atoms with E-state index < -0.39 is 0 Å². The molecule has 0 atom stereocenters. The molecule has 2 aromatic rings. The van der Waals surface area contributed by atoms with Gasteiger partial charge in [-0.2, -0.15) is 5.10 Å². The van der Waals surface area contributed by atoms with Crippen LogP contribution < -0.4 is 5.43 Å². The fourth-order valence-electron chi connectivity index (χ4n) is 2.19. The quantitative estimate of drug-likeness (QED) is 0.877. The summed E-state index contributed by atoms with van der Waals surface area (Å²) in [5.41, 5.74) is 4.78. The predicted molar refractivity (Wildman–Crippen MR) is 87.0 cm³/mol. The highest BCUT2D eigenvalue weighted by Gasteiger charge is 2.17. The summed E-state index contributed by atoms with van der Waals surface area (Å²) >= 11 is 3.19. The molecule has 0 saturated heterocycles. The van der Waals surface area contributed by atoms with E-state index in [1.807, 2.05) is 12.3 Å². The summed E-state index contributed by atoms with van der Waals surface area (Å²) < 4.78 is 13.4. The van der Waals surface area contributed by atoms with Gasteiger partial charge in [-0.3, -0.25) is 4.79 Å². The van der Waals surface area contributed by atoms with Crippen molar-refractivity contribution in [3.63, 3.8) is 0 Å². The SMILES string of the molecule is Cc1nc(CC(=O)N/N=C2/CCSc3ccc(F)cc32)cs1. The maximum absolute atomic E-state index is 13.4. The number of benzene rings is 1. The molecule has 2 heterocycles. The van der Waals surface area contributed by atoms with E-state index in [9.17, 15) is 9.18 Å². The lowest BCUT2D eigenvalue weighted by Gasteiger charge is -2.17. The molecule has 3 rings (SSSR count). The number of hydrazone groups is 1. The third-order valence-corrected chi connectivity index (χ3v) is 5.07. The van der Waals surface area contributed by atoms with E-state index in [-0.39, 0.29) is 18.1 Å². The molecule has 1 aromatic heterocycles. The zero-order valence-corrected chi connectivity index (χ0v) is 13.6. The average Bonchev–Trinajstić information content (AvgIpc) is 2.90. The molecule has 0 spiro atoms.